The molecule has 1 unspecified atom stereocenters. The first-order valence-electron chi connectivity index (χ1n) is 1.81. The van der Waals surface area contributed by atoms with Crippen LogP contribution >= 0.6 is 24.0 Å². The second-order valence-electron chi connectivity index (χ2n) is 1.06. The monoisotopic (exact) mass is 132 g/mol. The summed E-state index contributed by atoms with van der Waals surface area (Å²) >= 11 is 6.20. The molecular formula is C3H4N2S2. The van der Waals surface area contributed by atoms with Gasteiger partial charge in [-0.3, -0.25) is 5.43 Å². The Labute approximate surface area is 51.4 Å². The van der Waals surface area contributed by atoms with Gasteiger partial charge in [-0.25, -0.2) is 0 Å². The van der Waals surface area contributed by atoms with E-state index in [1.165, 1.54) is 0 Å². The van der Waals surface area contributed by atoms with Crippen LogP contribution in [0.1, 0.15) is 0 Å². The minimum Gasteiger partial charge on any atom is -0.291 e. The summed E-state index contributed by atoms with van der Waals surface area (Å²) in [7, 11) is 0. The van der Waals surface area contributed by atoms with Gasteiger partial charge < -0.3 is 0 Å². The molecule has 1 rings (SSSR count). The van der Waals surface area contributed by atoms with E-state index in [0.29, 0.717) is 0 Å². The molecule has 0 aromatic rings. The fourth-order valence-electron chi connectivity index (χ4n) is 0.293. The van der Waals surface area contributed by atoms with Crippen molar-refractivity contribution in [3.8, 4) is 0 Å². The molecule has 0 saturated heterocycles. The van der Waals surface area contributed by atoms with Crippen LogP contribution in [0, 0.1) is 0 Å². The number of nitrogens with zero attached hydrogens (tertiary/aromatic N) is 1. The zero-order valence-corrected chi connectivity index (χ0v) is 5.13. The average molecular weight is 132 g/mol. The standard InChI is InChI=1S/C3H4N2S2/c6-1-3-5-4-2-7-3/h1-3,5H. The van der Waals surface area contributed by atoms with Crippen LogP contribution in [0.3, 0.4) is 0 Å². The Morgan fingerprint density at radius 1 is 2.00 bits per heavy atom. The van der Waals surface area contributed by atoms with Crippen molar-refractivity contribution in [3.05, 3.63) is 0 Å². The Bertz CT molecular complexity index is 93.1. The normalized spacial score (nSPS) is 27.1. The van der Waals surface area contributed by atoms with Gasteiger partial charge in [0, 0.05) is 5.37 Å². The van der Waals surface area contributed by atoms with E-state index in [2.05, 4.69) is 22.7 Å². The SMILES string of the molecule is S=CC1NN=CS1. The molecule has 0 bridgehead atoms. The summed E-state index contributed by atoms with van der Waals surface area (Å²) in [6.45, 7) is 0. The molecule has 0 spiro atoms. The number of hydrazone groups is 1. The fourth-order valence-corrected chi connectivity index (χ4v) is 0.985. The summed E-state index contributed by atoms with van der Waals surface area (Å²) in [5.74, 6) is 0. The number of nitrogens with one attached hydrogen (secondary N) is 1. The highest BCUT2D eigenvalue weighted by atomic mass is 32.2. The smallest absolute Gasteiger partial charge is 0.123 e. The summed E-state index contributed by atoms with van der Waals surface area (Å²) in [6, 6.07) is 0. The van der Waals surface area contributed by atoms with Crippen molar-refractivity contribution in [1.82, 2.24) is 5.43 Å². The predicted octanol–water partition coefficient (Wildman–Crippen LogP) is 0.592. The highest BCUT2D eigenvalue weighted by Crippen LogP contribution is 2.06. The molecule has 0 aromatic heterocycles. The van der Waals surface area contributed by atoms with E-state index in [-0.39, 0.29) is 5.37 Å². The third-order valence-electron chi connectivity index (χ3n) is 0.586. The summed E-state index contributed by atoms with van der Waals surface area (Å²) in [6.07, 6.45) is 0. The largest absolute Gasteiger partial charge is 0.291 e. The minimum absolute atomic E-state index is 0.231. The number of thioether (sulfide) groups is 1. The van der Waals surface area contributed by atoms with Crippen molar-refractivity contribution in [2.75, 3.05) is 0 Å². The molecular weight excluding hydrogens is 128 g/mol. The molecule has 1 aliphatic heterocycles. The van der Waals surface area contributed by atoms with Gasteiger partial charge >= 0.3 is 0 Å². The topological polar surface area (TPSA) is 24.4 Å². The molecule has 38 valence electrons. The number of thiocarbonyl (C=S) groups is 1. The van der Waals surface area contributed by atoms with E-state index in [9.17, 15) is 0 Å². The van der Waals surface area contributed by atoms with Crippen LogP contribution in [0.5, 0.6) is 0 Å². The lowest BCUT2D eigenvalue weighted by molar-refractivity contribution is 0.842. The maximum Gasteiger partial charge on any atom is 0.123 e. The van der Waals surface area contributed by atoms with Crippen LogP contribution in [0.25, 0.3) is 0 Å². The van der Waals surface area contributed by atoms with E-state index in [1.54, 1.807) is 22.7 Å². The van der Waals surface area contributed by atoms with Crippen LogP contribution in [0.2, 0.25) is 0 Å². The lowest BCUT2D eigenvalue weighted by atomic mass is 10.8. The van der Waals surface area contributed by atoms with Gasteiger partial charge in [0.1, 0.15) is 5.37 Å². The molecule has 7 heavy (non-hydrogen) atoms. The van der Waals surface area contributed by atoms with Crippen molar-refractivity contribution >= 4 is 34.9 Å². The maximum absolute atomic E-state index is 4.62. The zero-order valence-electron chi connectivity index (χ0n) is 3.50. The molecule has 1 atom stereocenters. The summed E-state index contributed by atoms with van der Waals surface area (Å²) in [4.78, 5) is 0. The van der Waals surface area contributed by atoms with Gasteiger partial charge in [-0.1, -0.05) is 24.0 Å². The van der Waals surface area contributed by atoms with Gasteiger partial charge in [0.05, 0.1) is 5.55 Å². The second kappa shape index (κ2) is 2.28. The fraction of sp³-hybridized carbons (Fsp3) is 0.333. The summed E-state index contributed by atoms with van der Waals surface area (Å²) in [5, 5.41) is 5.61. The lowest BCUT2D eigenvalue weighted by Gasteiger charge is -1.95. The molecule has 1 aliphatic rings. The van der Waals surface area contributed by atoms with E-state index in [1.807, 2.05) is 0 Å². The van der Waals surface area contributed by atoms with E-state index < -0.39 is 0 Å². The van der Waals surface area contributed by atoms with Crippen LogP contribution < -0.4 is 5.43 Å². The molecule has 0 radical (unpaired) electrons. The Morgan fingerprint density at radius 3 is 3.14 bits per heavy atom. The molecule has 0 aromatic carbocycles. The van der Waals surface area contributed by atoms with Crippen LogP contribution in [0.4, 0.5) is 0 Å². The Morgan fingerprint density at radius 2 is 2.86 bits per heavy atom. The van der Waals surface area contributed by atoms with Crippen LogP contribution in [-0.2, 0) is 0 Å². The molecule has 2 nitrogen and oxygen atoms in total. The highest BCUT2D eigenvalue weighted by Gasteiger charge is 2.04. The average Bonchev–Trinajstić information content (AvgIpc) is 2.14. The Hall–Kier alpha value is -0.0900. The first-order chi connectivity index (χ1) is 3.43. The van der Waals surface area contributed by atoms with Crippen LogP contribution in [0.15, 0.2) is 5.10 Å². The molecule has 0 amide bonds. The first-order valence-corrected chi connectivity index (χ1v) is 3.23. The van der Waals surface area contributed by atoms with Gasteiger partial charge in [-0.15, -0.1) is 0 Å². The molecule has 0 fully saturated rings. The van der Waals surface area contributed by atoms with Gasteiger partial charge in [0.25, 0.3) is 0 Å². The zero-order chi connectivity index (χ0) is 5.11. The number of hydrogen-bond acceptors (Lipinski definition) is 4. The molecule has 1 N–H and O–H groups in total. The van der Waals surface area contributed by atoms with Gasteiger partial charge in [0.2, 0.25) is 0 Å². The lowest BCUT2D eigenvalue weighted by Crippen LogP contribution is -2.15. The van der Waals surface area contributed by atoms with Crippen molar-refractivity contribution in [3.63, 3.8) is 0 Å². The Balaban J connectivity index is 2.35. The summed E-state index contributed by atoms with van der Waals surface area (Å²) < 4.78 is 0. The van der Waals surface area contributed by atoms with E-state index in [0.717, 1.165) is 0 Å². The van der Waals surface area contributed by atoms with Crippen LogP contribution in [-0.4, -0.2) is 16.3 Å². The third kappa shape index (κ3) is 1.14. The van der Waals surface area contributed by atoms with E-state index >= 15 is 0 Å². The van der Waals surface area contributed by atoms with Crippen molar-refractivity contribution in [2.24, 2.45) is 5.10 Å². The third-order valence-corrected chi connectivity index (χ3v) is 1.79. The molecule has 1 heterocycles. The van der Waals surface area contributed by atoms with Crippen molar-refractivity contribution in [1.29, 1.82) is 0 Å². The number of rotatable bonds is 1. The molecule has 4 heteroatoms. The first kappa shape index (κ1) is 5.05. The molecule has 0 saturated carbocycles. The molecule has 0 aliphatic carbocycles. The highest BCUT2D eigenvalue weighted by molar-refractivity contribution is 8.13. The van der Waals surface area contributed by atoms with Gasteiger partial charge in [-0.05, 0) is 0 Å². The quantitative estimate of drug-likeness (QED) is 0.528. The Kier molecular flexibility index (Phi) is 1.64. The van der Waals surface area contributed by atoms with Gasteiger partial charge in [-0.2, -0.15) is 5.10 Å². The van der Waals surface area contributed by atoms with E-state index in [4.69, 9.17) is 0 Å². The van der Waals surface area contributed by atoms with Gasteiger partial charge in [0.15, 0.2) is 0 Å². The minimum atomic E-state index is 0.231. The number of hydrogen-bond donors (Lipinski definition) is 1. The summed E-state index contributed by atoms with van der Waals surface area (Å²) in [5.41, 5.74) is 4.52. The van der Waals surface area contributed by atoms with Crippen molar-refractivity contribution in [2.45, 2.75) is 5.37 Å². The second-order valence-corrected chi connectivity index (χ2v) is 2.32. The maximum atomic E-state index is 4.62. The predicted molar refractivity (Wildman–Crippen MR) is 36.7 cm³/mol. The van der Waals surface area contributed by atoms with Crippen molar-refractivity contribution < 1.29 is 0 Å².